The van der Waals surface area contributed by atoms with Gasteiger partial charge in [0, 0.05) is 11.3 Å². The first-order valence-corrected chi connectivity index (χ1v) is 9.02. The van der Waals surface area contributed by atoms with E-state index in [9.17, 15) is 14.7 Å². The molecule has 6 nitrogen and oxygen atoms in total. The van der Waals surface area contributed by atoms with Gasteiger partial charge in [0.2, 0.25) is 0 Å². The summed E-state index contributed by atoms with van der Waals surface area (Å²) in [5, 5.41) is 17.8. The standard InChI is InChI=1S/C21H24N2O4/c1-11(2)18-17(20(25)27-12(3)4)19(23-21(26)22-18)16-14-8-6-5-7-13(14)9-10-15(16)24/h5-12,19,24H,1-4H3,(H2,22,23,26). The molecule has 0 aliphatic carbocycles. The second kappa shape index (κ2) is 7.31. The predicted octanol–water partition coefficient (Wildman–Crippen LogP) is 3.76. The highest BCUT2D eigenvalue weighted by Gasteiger charge is 2.37. The van der Waals surface area contributed by atoms with Gasteiger partial charge in [-0.3, -0.25) is 0 Å². The molecule has 1 atom stereocenters. The zero-order chi connectivity index (χ0) is 19.7. The summed E-state index contributed by atoms with van der Waals surface area (Å²) in [6.07, 6.45) is -0.308. The molecule has 0 fully saturated rings. The van der Waals surface area contributed by atoms with E-state index in [2.05, 4.69) is 10.6 Å². The lowest BCUT2D eigenvalue weighted by molar-refractivity contribution is -0.143. The number of urea groups is 1. The molecule has 0 saturated heterocycles. The summed E-state index contributed by atoms with van der Waals surface area (Å²) in [6, 6.07) is 9.67. The Balaban J connectivity index is 2.26. The maximum Gasteiger partial charge on any atom is 0.338 e. The topological polar surface area (TPSA) is 87.7 Å². The number of allylic oxidation sites excluding steroid dienone is 1. The molecule has 3 rings (SSSR count). The fourth-order valence-electron chi connectivity index (χ4n) is 3.35. The van der Waals surface area contributed by atoms with Gasteiger partial charge in [-0.15, -0.1) is 0 Å². The number of nitrogens with one attached hydrogen (secondary N) is 2. The lowest BCUT2D eigenvalue weighted by Crippen LogP contribution is -2.47. The van der Waals surface area contributed by atoms with Gasteiger partial charge in [0.1, 0.15) is 5.75 Å². The third kappa shape index (κ3) is 3.60. The number of ether oxygens (including phenoxy) is 1. The van der Waals surface area contributed by atoms with Crippen LogP contribution in [0.25, 0.3) is 10.8 Å². The number of benzene rings is 2. The summed E-state index contributed by atoms with van der Waals surface area (Å²) < 4.78 is 5.44. The number of hydrogen-bond donors (Lipinski definition) is 3. The van der Waals surface area contributed by atoms with E-state index < -0.39 is 18.0 Å². The number of phenolic OH excluding ortho intramolecular Hbond substituents is 1. The minimum atomic E-state index is -0.812. The third-order valence-electron chi connectivity index (χ3n) is 4.48. The van der Waals surface area contributed by atoms with Crippen LogP contribution in [0, 0.1) is 5.92 Å². The molecule has 0 radical (unpaired) electrons. The summed E-state index contributed by atoms with van der Waals surface area (Å²) in [4.78, 5) is 25.2. The van der Waals surface area contributed by atoms with Gasteiger partial charge in [0.15, 0.2) is 0 Å². The molecule has 0 spiro atoms. The number of aromatic hydroxyl groups is 1. The molecule has 0 aromatic heterocycles. The number of fused-ring (bicyclic) bond motifs is 1. The quantitative estimate of drug-likeness (QED) is 0.717. The van der Waals surface area contributed by atoms with Crippen LogP contribution in [0.15, 0.2) is 47.7 Å². The fourth-order valence-corrected chi connectivity index (χ4v) is 3.35. The zero-order valence-corrected chi connectivity index (χ0v) is 15.9. The maximum absolute atomic E-state index is 12.9. The van der Waals surface area contributed by atoms with Crippen LogP contribution in [0.5, 0.6) is 5.75 Å². The highest BCUT2D eigenvalue weighted by molar-refractivity contribution is 5.98. The van der Waals surface area contributed by atoms with Gasteiger partial charge in [-0.25, -0.2) is 9.59 Å². The molecule has 142 valence electrons. The van der Waals surface area contributed by atoms with Crippen LogP contribution in [0.2, 0.25) is 0 Å². The molecule has 2 aromatic rings. The van der Waals surface area contributed by atoms with Crippen molar-refractivity contribution in [2.24, 2.45) is 5.92 Å². The Morgan fingerprint density at radius 1 is 1.11 bits per heavy atom. The molecular weight excluding hydrogens is 344 g/mol. The number of hydrogen-bond acceptors (Lipinski definition) is 4. The van der Waals surface area contributed by atoms with E-state index >= 15 is 0 Å². The lowest BCUT2D eigenvalue weighted by Gasteiger charge is -2.32. The minimum Gasteiger partial charge on any atom is -0.508 e. The summed E-state index contributed by atoms with van der Waals surface area (Å²) in [6.45, 7) is 7.33. The summed E-state index contributed by atoms with van der Waals surface area (Å²) in [5.41, 5.74) is 1.29. The third-order valence-corrected chi connectivity index (χ3v) is 4.48. The van der Waals surface area contributed by atoms with Crippen molar-refractivity contribution in [3.63, 3.8) is 0 Å². The van der Waals surface area contributed by atoms with Crippen LogP contribution in [-0.4, -0.2) is 23.2 Å². The van der Waals surface area contributed by atoms with Crippen molar-refractivity contribution < 1.29 is 19.4 Å². The predicted molar refractivity (Wildman–Crippen MR) is 103 cm³/mol. The summed E-state index contributed by atoms with van der Waals surface area (Å²) >= 11 is 0. The van der Waals surface area contributed by atoms with Gasteiger partial charge in [-0.2, -0.15) is 0 Å². The van der Waals surface area contributed by atoms with E-state index in [1.807, 2.05) is 38.1 Å². The normalized spacial score (nSPS) is 17.3. The number of carbonyl (C=O) groups excluding carboxylic acids is 2. The molecule has 1 unspecified atom stereocenters. The first kappa shape index (κ1) is 18.8. The molecule has 6 heteroatoms. The Labute approximate surface area is 158 Å². The van der Waals surface area contributed by atoms with Gasteiger partial charge in [-0.1, -0.05) is 44.2 Å². The molecule has 1 aliphatic heterocycles. The van der Waals surface area contributed by atoms with Crippen molar-refractivity contribution in [3.8, 4) is 5.75 Å². The monoisotopic (exact) mass is 368 g/mol. The Hall–Kier alpha value is -3.02. The second-order valence-corrected chi connectivity index (χ2v) is 7.19. The lowest BCUT2D eigenvalue weighted by atomic mass is 9.88. The van der Waals surface area contributed by atoms with Crippen molar-refractivity contribution in [3.05, 3.63) is 53.2 Å². The highest BCUT2D eigenvalue weighted by atomic mass is 16.5. The zero-order valence-electron chi connectivity index (χ0n) is 15.9. The van der Waals surface area contributed by atoms with Gasteiger partial charge in [0.25, 0.3) is 0 Å². The molecule has 27 heavy (non-hydrogen) atoms. The average molecular weight is 368 g/mol. The Morgan fingerprint density at radius 3 is 2.48 bits per heavy atom. The van der Waals surface area contributed by atoms with Crippen molar-refractivity contribution in [2.75, 3.05) is 0 Å². The van der Waals surface area contributed by atoms with Crippen LogP contribution in [0.4, 0.5) is 4.79 Å². The average Bonchev–Trinajstić information content (AvgIpc) is 2.60. The van der Waals surface area contributed by atoms with Crippen molar-refractivity contribution in [1.82, 2.24) is 10.6 Å². The van der Waals surface area contributed by atoms with Gasteiger partial charge in [0.05, 0.1) is 17.7 Å². The van der Waals surface area contributed by atoms with E-state index in [1.165, 1.54) is 0 Å². The number of carbonyl (C=O) groups is 2. The summed E-state index contributed by atoms with van der Waals surface area (Å²) in [5.74, 6) is -0.609. The van der Waals surface area contributed by atoms with Crippen molar-refractivity contribution in [2.45, 2.75) is 39.8 Å². The van der Waals surface area contributed by atoms with E-state index in [0.29, 0.717) is 16.8 Å². The van der Waals surface area contributed by atoms with Crippen molar-refractivity contribution >= 4 is 22.8 Å². The highest BCUT2D eigenvalue weighted by Crippen LogP contribution is 2.39. The van der Waals surface area contributed by atoms with Gasteiger partial charge < -0.3 is 20.5 Å². The van der Waals surface area contributed by atoms with Gasteiger partial charge >= 0.3 is 12.0 Å². The van der Waals surface area contributed by atoms with E-state index in [4.69, 9.17) is 4.74 Å². The van der Waals surface area contributed by atoms with E-state index in [1.54, 1.807) is 26.0 Å². The number of amides is 2. The first-order chi connectivity index (χ1) is 12.8. The van der Waals surface area contributed by atoms with Crippen LogP contribution in [0.3, 0.4) is 0 Å². The van der Waals surface area contributed by atoms with Crippen LogP contribution < -0.4 is 10.6 Å². The number of esters is 1. The Morgan fingerprint density at radius 2 is 1.81 bits per heavy atom. The van der Waals surface area contributed by atoms with E-state index in [0.717, 1.165) is 10.8 Å². The molecule has 2 aromatic carbocycles. The molecule has 0 saturated carbocycles. The molecule has 2 amide bonds. The SMILES string of the molecule is CC(C)OC(=O)C1=C(C(C)C)NC(=O)NC1c1c(O)ccc2ccccc12. The molecule has 3 N–H and O–H groups in total. The smallest absolute Gasteiger partial charge is 0.338 e. The van der Waals surface area contributed by atoms with Crippen LogP contribution in [-0.2, 0) is 9.53 Å². The number of phenols is 1. The summed E-state index contributed by atoms with van der Waals surface area (Å²) in [7, 11) is 0. The van der Waals surface area contributed by atoms with E-state index in [-0.39, 0.29) is 17.8 Å². The van der Waals surface area contributed by atoms with Crippen molar-refractivity contribution in [1.29, 1.82) is 0 Å². The molecule has 1 aliphatic rings. The molecule has 1 heterocycles. The molecule has 0 bridgehead atoms. The first-order valence-electron chi connectivity index (χ1n) is 9.02. The second-order valence-electron chi connectivity index (χ2n) is 7.19. The molecular formula is C21H24N2O4. The minimum absolute atomic E-state index is 0.0128. The largest absolute Gasteiger partial charge is 0.508 e. The Kier molecular flexibility index (Phi) is 5.08. The van der Waals surface area contributed by atoms with Gasteiger partial charge in [-0.05, 0) is 36.6 Å². The van der Waals surface area contributed by atoms with Crippen LogP contribution in [0.1, 0.15) is 39.3 Å². The maximum atomic E-state index is 12.9. The number of rotatable bonds is 4. The Bertz CT molecular complexity index is 931. The van der Waals surface area contributed by atoms with Crippen LogP contribution >= 0.6 is 0 Å². The fraction of sp³-hybridized carbons (Fsp3) is 0.333.